The van der Waals surface area contributed by atoms with Crippen molar-refractivity contribution in [2.75, 3.05) is 5.32 Å². The lowest BCUT2D eigenvalue weighted by atomic mass is 9.76. The van der Waals surface area contributed by atoms with Gasteiger partial charge in [0, 0.05) is 12.0 Å². The molecule has 0 unspecified atom stereocenters. The van der Waals surface area contributed by atoms with Gasteiger partial charge in [0.15, 0.2) is 0 Å². The summed E-state index contributed by atoms with van der Waals surface area (Å²) < 4.78 is 0. The molecule has 0 saturated heterocycles. The third-order valence-electron chi connectivity index (χ3n) is 4.96. The maximum absolute atomic E-state index is 11.5. The Morgan fingerprint density at radius 2 is 1.92 bits per heavy atom. The van der Waals surface area contributed by atoms with Crippen molar-refractivity contribution in [3.8, 4) is 0 Å². The van der Waals surface area contributed by atoms with Gasteiger partial charge in [-0.05, 0) is 30.0 Å². The Morgan fingerprint density at radius 1 is 1.12 bits per heavy atom. The van der Waals surface area contributed by atoms with Crippen LogP contribution < -0.4 is 5.32 Å². The highest BCUT2D eigenvalue weighted by atomic mass is 35.5. The van der Waals surface area contributed by atoms with Crippen LogP contribution in [0.4, 0.5) is 11.4 Å². The summed E-state index contributed by atoms with van der Waals surface area (Å²) in [5, 5.41) is 16.3. The van der Waals surface area contributed by atoms with Crippen LogP contribution in [0.25, 0.3) is 0 Å². The fourth-order valence-electron chi connectivity index (χ4n) is 3.88. The van der Waals surface area contributed by atoms with Gasteiger partial charge in [-0.2, -0.15) is 0 Å². The summed E-state index contributed by atoms with van der Waals surface area (Å²) in [6.07, 6.45) is 4.88. The average molecular weight is 396 g/mol. The van der Waals surface area contributed by atoms with Crippen LogP contribution in [-0.4, -0.2) is 4.92 Å². The summed E-state index contributed by atoms with van der Waals surface area (Å²) in [5.74, 6) is 0.0241. The van der Waals surface area contributed by atoms with E-state index in [-0.39, 0.29) is 28.5 Å². The quantitative estimate of drug-likeness (QED) is 0.364. The van der Waals surface area contributed by atoms with Crippen molar-refractivity contribution >= 4 is 46.2 Å². The van der Waals surface area contributed by atoms with Crippen LogP contribution in [0.3, 0.4) is 0 Å². The molecule has 0 bridgehead atoms. The summed E-state index contributed by atoms with van der Waals surface area (Å²) in [7, 11) is 0. The summed E-state index contributed by atoms with van der Waals surface area (Å²) in [6, 6.07) is 8.43. The minimum atomic E-state index is -0.354. The standard InChI is InChI=1S/C18H13Cl3N2O2/c19-12-6-2-5-11(16(12)21)17-10-4-1-3-9(10)15-14(23(24)25)8-7-13(20)18(15)22-17/h1-3,5-10,17,22H,4H2/t9-,10-,17+/m1/s1. The lowest BCUT2D eigenvalue weighted by molar-refractivity contribution is -0.385. The average Bonchev–Trinajstić information content (AvgIpc) is 3.07. The van der Waals surface area contributed by atoms with Crippen molar-refractivity contribution in [2.24, 2.45) is 5.92 Å². The van der Waals surface area contributed by atoms with Crippen molar-refractivity contribution in [1.82, 2.24) is 0 Å². The topological polar surface area (TPSA) is 55.2 Å². The van der Waals surface area contributed by atoms with Gasteiger partial charge in [0.05, 0.1) is 37.3 Å². The lowest BCUT2D eigenvalue weighted by Gasteiger charge is -2.38. The first kappa shape index (κ1) is 16.7. The highest BCUT2D eigenvalue weighted by Gasteiger charge is 2.43. The van der Waals surface area contributed by atoms with Crippen molar-refractivity contribution in [1.29, 1.82) is 0 Å². The molecule has 2 aliphatic rings. The number of benzene rings is 2. The predicted molar refractivity (Wildman–Crippen MR) is 101 cm³/mol. The highest BCUT2D eigenvalue weighted by Crippen LogP contribution is 2.55. The SMILES string of the molecule is O=[N+]([O-])c1ccc(Cl)c2c1[C@@H]1C=CC[C@H]1[C@@H](c1cccc(Cl)c1Cl)N2. The fourth-order valence-corrected chi connectivity index (χ4v) is 4.53. The molecule has 4 rings (SSSR count). The van der Waals surface area contributed by atoms with E-state index >= 15 is 0 Å². The van der Waals surface area contributed by atoms with Gasteiger partial charge in [0.1, 0.15) is 0 Å². The number of hydrogen-bond donors (Lipinski definition) is 1. The van der Waals surface area contributed by atoms with E-state index in [1.807, 2.05) is 18.2 Å². The molecule has 3 atom stereocenters. The molecule has 1 aliphatic heterocycles. The molecule has 0 spiro atoms. The van der Waals surface area contributed by atoms with Gasteiger partial charge in [-0.3, -0.25) is 10.1 Å². The van der Waals surface area contributed by atoms with Crippen LogP contribution in [0.15, 0.2) is 42.5 Å². The summed E-state index contributed by atoms with van der Waals surface area (Å²) in [5.41, 5.74) is 2.21. The Kier molecular flexibility index (Phi) is 4.14. The van der Waals surface area contributed by atoms with E-state index in [0.717, 1.165) is 12.0 Å². The molecule has 1 aliphatic carbocycles. The number of nitro benzene ring substituents is 1. The number of rotatable bonds is 2. The first-order valence-corrected chi connectivity index (χ1v) is 8.96. The Balaban J connectivity index is 1.90. The molecule has 2 aromatic rings. The Labute approximate surface area is 159 Å². The first-order chi connectivity index (χ1) is 12.0. The van der Waals surface area contributed by atoms with Gasteiger partial charge in [-0.25, -0.2) is 0 Å². The highest BCUT2D eigenvalue weighted by molar-refractivity contribution is 6.42. The minimum Gasteiger partial charge on any atom is -0.376 e. The van der Waals surface area contributed by atoms with Gasteiger partial charge in [0.25, 0.3) is 5.69 Å². The molecule has 1 heterocycles. The zero-order valence-electron chi connectivity index (χ0n) is 12.9. The van der Waals surface area contributed by atoms with Gasteiger partial charge in [0.2, 0.25) is 0 Å². The van der Waals surface area contributed by atoms with Crippen LogP contribution in [0.5, 0.6) is 0 Å². The molecule has 2 aromatic carbocycles. The van der Waals surface area contributed by atoms with E-state index in [2.05, 4.69) is 11.4 Å². The molecule has 7 heteroatoms. The molecule has 25 heavy (non-hydrogen) atoms. The van der Waals surface area contributed by atoms with Crippen molar-refractivity contribution < 1.29 is 4.92 Å². The number of halogens is 3. The van der Waals surface area contributed by atoms with Gasteiger partial charge in [-0.15, -0.1) is 0 Å². The summed E-state index contributed by atoms with van der Waals surface area (Å²) in [4.78, 5) is 11.1. The predicted octanol–water partition coefficient (Wildman–Crippen LogP) is 6.38. The zero-order valence-corrected chi connectivity index (χ0v) is 15.1. The first-order valence-electron chi connectivity index (χ1n) is 7.83. The van der Waals surface area contributed by atoms with Gasteiger partial charge in [-0.1, -0.05) is 59.1 Å². The van der Waals surface area contributed by atoms with E-state index in [1.165, 1.54) is 6.07 Å². The second-order valence-electron chi connectivity index (χ2n) is 6.23. The molecular weight excluding hydrogens is 383 g/mol. The number of hydrogen-bond acceptors (Lipinski definition) is 3. The van der Waals surface area contributed by atoms with Gasteiger partial charge < -0.3 is 5.32 Å². The van der Waals surface area contributed by atoms with Crippen LogP contribution in [0.1, 0.15) is 29.5 Å². The maximum Gasteiger partial charge on any atom is 0.275 e. The number of anilines is 1. The van der Waals surface area contributed by atoms with E-state index in [1.54, 1.807) is 12.1 Å². The smallest absolute Gasteiger partial charge is 0.275 e. The van der Waals surface area contributed by atoms with E-state index in [4.69, 9.17) is 34.8 Å². The lowest BCUT2D eigenvalue weighted by Crippen LogP contribution is -2.30. The largest absolute Gasteiger partial charge is 0.376 e. The number of nitrogens with zero attached hydrogens (tertiary/aromatic N) is 1. The molecule has 0 radical (unpaired) electrons. The van der Waals surface area contributed by atoms with Crippen molar-refractivity contribution in [3.05, 3.63) is 78.8 Å². The molecule has 4 nitrogen and oxygen atoms in total. The van der Waals surface area contributed by atoms with Gasteiger partial charge >= 0.3 is 0 Å². The Bertz CT molecular complexity index is 913. The molecule has 0 fully saturated rings. The molecule has 0 amide bonds. The van der Waals surface area contributed by atoms with E-state index < -0.39 is 0 Å². The second-order valence-corrected chi connectivity index (χ2v) is 7.42. The van der Waals surface area contributed by atoms with Crippen LogP contribution in [0, 0.1) is 16.0 Å². The zero-order chi connectivity index (χ0) is 17.7. The molecule has 0 saturated carbocycles. The number of allylic oxidation sites excluding steroid dienone is 2. The molecule has 0 aromatic heterocycles. The van der Waals surface area contributed by atoms with Crippen molar-refractivity contribution in [3.63, 3.8) is 0 Å². The number of nitrogens with one attached hydrogen (secondary N) is 1. The van der Waals surface area contributed by atoms with Crippen molar-refractivity contribution in [2.45, 2.75) is 18.4 Å². The fraction of sp³-hybridized carbons (Fsp3) is 0.222. The Hall–Kier alpha value is -1.75. The van der Waals surface area contributed by atoms with E-state index in [0.29, 0.717) is 26.3 Å². The Morgan fingerprint density at radius 3 is 2.68 bits per heavy atom. The number of nitro groups is 1. The van der Waals surface area contributed by atoms with Crippen LogP contribution >= 0.6 is 34.8 Å². The van der Waals surface area contributed by atoms with Crippen LogP contribution in [0.2, 0.25) is 15.1 Å². The maximum atomic E-state index is 11.5. The second kappa shape index (κ2) is 6.20. The van der Waals surface area contributed by atoms with E-state index in [9.17, 15) is 10.1 Å². The number of fused-ring (bicyclic) bond motifs is 3. The normalized spacial score (nSPS) is 23.7. The third-order valence-corrected chi connectivity index (χ3v) is 6.11. The third kappa shape index (κ3) is 2.60. The summed E-state index contributed by atoms with van der Waals surface area (Å²) >= 11 is 19.0. The van der Waals surface area contributed by atoms with Crippen LogP contribution in [-0.2, 0) is 0 Å². The molecular formula is C18H13Cl3N2O2. The summed E-state index contributed by atoms with van der Waals surface area (Å²) in [6.45, 7) is 0. The monoisotopic (exact) mass is 394 g/mol. The minimum absolute atomic E-state index is 0.0871. The molecule has 1 N–H and O–H groups in total. The molecule has 128 valence electrons.